The summed E-state index contributed by atoms with van der Waals surface area (Å²) in [5.74, 6) is -12.9. The number of piperidine rings is 1. The van der Waals surface area contributed by atoms with Gasteiger partial charge < -0.3 is 74.9 Å². The fourth-order valence-electron chi connectivity index (χ4n) is 14.6. The number of nitrogens with one attached hydrogen (secondary N) is 5. The van der Waals surface area contributed by atoms with Crippen molar-refractivity contribution < 1.29 is 101 Å². The van der Waals surface area contributed by atoms with Crippen molar-refractivity contribution in [1.29, 1.82) is 0 Å². The van der Waals surface area contributed by atoms with Crippen LogP contribution in [0.2, 0.25) is 0 Å². The maximum absolute atomic E-state index is 15.1. The third kappa shape index (κ3) is 20.4. The summed E-state index contributed by atoms with van der Waals surface area (Å²) in [4.78, 5) is 180. The van der Waals surface area contributed by atoms with Crippen molar-refractivity contribution in [2.24, 2.45) is 29.6 Å². The number of methoxy groups -OCH3 is 1. The number of alkyl carbamates (subject to hydrolysis) is 1. The van der Waals surface area contributed by atoms with Crippen LogP contribution in [-0.2, 0) is 86.3 Å². The monoisotopic (exact) mass is 1580 g/mol. The van der Waals surface area contributed by atoms with Gasteiger partial charge in [-0.15, -0.1) is 0 Å². The molecule has 5 heterocycles. The molecule has 8 N–H and O–H groups in total. The van der Waals surface area contributed by atoms with Gasteiger partial charge in [-0.3, -0.25) is 62.4 Å². The number of allylic oxidation sites excluding steroid dienone is 2. The lowest BCUT2D eigenvalue weighted by atomic mass is 9.78. The molecule has 4 bridgehead atoms. The van der Waals surface area contributed by atoms with Crippen LogP contribution in [0, 0.1) is 36.5 Å². The number of aromatic hydroxyl groups is 1. The molecule has 30 heteroatoms. The molecule has 30 nitrogen and oxygen atoms in total. The van der Waals surface area contributed by atoms with E-state index in [9.17, 15) is 68.1 Å². The highest BCUT2D eigenvalue weighted by Crippen LogP contribution is 2.51. The lowest BCUT2D eigenvalue weighted by molar-refractivity contribution is -0.160. The zero-order chi connectivity index (χ0) is 83.4. The Morgan fingerprint density at radius 3 is 2.13 bits per heavy atom. The Balaban J connectivity index is 0.757. The number of esters is 1. The summed E-state index contributed by atoms with van der Waals surface area (Å²) in [6, 6.07) is 18.8. The molecule has 0 unspecified atom stereocenters. The number of fused-ring (bicyclic) bond motifs is 2. The number of anilines is 2. The number of benzene rings is 5. The van der Waals surface area contributed by atoms with E-state index in [0.29, 0.717) is 42.7 Å². The number of aliphatic hydroxyl groups is 2. The molecular weight excluding hydrogens is 1480 g/mol. The number of hydrogen-bond donors (Lipinski definition) is 8. The predicted octanol–water partition coefficient (Wildman–Crippen LogP) is 7.56. The van der Waals surface area contributed by atoms with Crippen LogP contribution in [0.1, 0.15) is 133 Å². The van der Waals surface area contributed by atoms with Crippen molar-refractivity contribution in [3.63, 3.8) is 0 Å². The van der Waals surface area contributed by atoms with Gasteiger partial charge in [0.2, 0.25) is 23.2 Å². The van der Waals surface area contributed by atoms with Crippen LogP contribution in [0.4, 0.5) is 16.2 Å². The average molecular weight is 1580 g/mol. The van der Waals surface area contributed by atoms with Gasteiger partial charge >= 0.3 is 17.8 Å². The van der Waals surface area contributed by atoms with Crippen molar-refractivity contribution in [2.45, 2.75) is 176 Å². The molecule has 6 aliphatic rings. The highest BCUT2D eigenvalue weighted by atomic mass is 16.7. The molecule has 1 aliphatic carbocycles. The van der Waals surface area contributed by atoms with Gasteiger partial charge in [0.05, 0.1) is 54.2 Å². The molecule has 10 rings (SSSR count). The van der Waals surface area contributed by atoms with Gasteiger partial charge in [-0.25, -0.2) is 9.78 Å². The van der Waals surface area contributed by atoms with Crippen molar-refractivity contribution in [2.75, 3.05) is 43.5 Å². The maximum atomic E-state index is 15.1. The maximum Gasteiger partial charge on any atom is 0.407 e. The second kappa shape index (κ2) is 37.5. The Labute approximate surface area is 663 Å². The number of phenols is 1. The Bertz CT molecular complexity index is 4890. The fourth-order valence-corrected chi connectivity index (χ4v) is 14.6. The van der Waals surface area contributed by atoms with E-state index >= 15 is 9.59 Å². The SMILES string of the molecule is CO[C@H]1/C=C/O[C@@]2(C)Oc3c(C)c(O)c4c(=O)c(c5oc6cc(N7CCC(NC(=O)OCc8ccc(CC(=O)[C@H](C)NC(=O)[C@@H](CC(=O)[C@H](C)NC(=O)CCC(=O)CNC(=O)CCN9C(=O)C=CC9=O)Cc9ccccc9)cc8)CC7)ccc6nc-5c4c3C2=O)NC(=O)/C(C)=C\C=C\[C@H](C)[C@H](O)[C@@H](C)[C@@H](O)[C@@H](C)[C@H](OC(C)=O)[C@@H]1C. The number of carbonyl (C=O) groups excluding carboxylic acids is 12. The van der Waals surface area contributed by atoms with Crippen LogP contribution in [0.3, 0.4) is 0 Å². The summed E-state index contributed by atoms with van der Waals surface area (Å²) in [6.07, 6.45) is 4.81. The van der Waals surface area contributed by atoms with E-state index < -0.39 is 154 Å². The summed E-state index contributed by atoms with van der Waals surface area (Å²) >= 11 is 0. The summed E-state index contributed by atoms with van der Waals surface area (Å²) < 4.78 is 36.4. The first-order valence-electron chi connectivity index (χ1n) is 38.3. The molecule has 1 saturated heterocycles. The second-order valence-corrected chi connectivity index (χ2v) is 30.1. The molecule has 12 atom stereocenters. The van der Waals surface area contributed by atoms with E-state index in [4.69, 9.17) is 33.1 Å². The van der Waals surface area contributed by atoms with Crippen molar-refractivity contribution >= 4 is 104 Å². The second-order valence-electron chi connectivity index (χ2n) is 30.1. The minimum atomic E-state index is -2.12. The molecule has 0 saturated carbocycles. The average Bonchev–Trinajstić information content (AvgIpc) is 1.54. The Kier molecular flexibility index (Phi) is 27.9. The molecule has 7 amide bonds. The summed E-state index contributed by atoms with van der Waals surface area (Å²) in [5, 5.41) is 48.3. The van der Waals surface area contributed by atoms with Gasteiger partial charge in [0.25, 0.3) is 23.5 Å². The van der Waals surface area contributed by atoms with E-state index in [1.165, 1.54) is 60.1 Å². The van der Waals surface area contributed by atoms with Gasteiger partial charge in [-0.05, 0) is 81.9 Å². The number of carbonyl (C=O) groups is 12. The molecule has 115 heavy (non-hydrogen) atoms. The minimum Gasteiger partial charge on any atom is -0.507 e. The molecule has 0 spiro atoms. The normalized spacial score (nSPS) is 23.3. The standard InChI is InChI=1S/C85H98N8O22/c1-44-16-15-17-45(2)82(107)91-73-77(105)70-69(71-79(49(6)76(70)104)115-85(10,81(71)106)112-37-33-63(110-11)46(3)78(113-52(9)94)48(5)75(103)47(4)74(44)102)72-80(73)114-64-41-58(24-26-60(64)90-72)92-34-30-57(31-35-92)89-84(109)111-43-55-22-20-54(21-23-55)39-61(96)51(8)88-83(108)56(38-53-18-13-12-14-19-53)40-62(97)50(7)87-66(99)27-25-59(95)42-86-65(98)32-36-93-67(100)28-29-68(93)101/h12-24,26,28-29,33,37,41,44,46-48,50-51,56-57,63,74-75,78,102-104H,25,27,30-32,34-36,38-40,42-43H2,1-11H3,(H,86,98)(H,87,99)(H,88,108)(H,89,109)(H,91,107)/b16-15+,37-33+,45-17-/t44-,46+,47+,48+,50-,51-,56+,63-,74-,75+,78+,85-/m0/s1. The van der Waals surface area contributed by atoms with Crippen LogP contribution in [0.5, 0.6) is 11.5 Å². The zero-order valence-electron chi connectivity index (χ0n) is 66.0. The number of ether oxygens (including phenoxy) is 5. The number of phenolic OH excluding ortho intramolecular Hbond substituents is 1. The Morgan fingerprint density at radius 2 is 1.45 bits per heavy atom. The van der Waals surface area contributed by atoms with E-state index in [1.54, 1.807) is 114 Å². The lowest BCUT2D eigenvalue weighted by Gasteiger charge is -2.38. The van der Waals surface area contributed by atoms with Crippen LogP contribution in [-0.4, -0.2) is 177 Å². The zero-order valence-corrected chi connectivity index (χ0v) is 66.0. The third-order valence-electron chi connectivity index (χ3n) is 21.7. The van der Waals surface area contributed by atoms with Crippen LogP contribution >= 0.6 is 0 Å². The number of hydrogen-bond acceptors (Lipinski definition) is 24. The van der Waals surface area contributed by atoms with Crippen LogP contribution < -0.4 is 41.6 Å². The summed E-state index contributed by atoms with van der Waals surface area (Å²) in [7, 11) is 1.42. The number of imide groups is 1. The van der Waals surface area contributed by atoms with Crippen LogP contribution in [0.15, 0.2) is 130 Å². The molecular formula is C85H98N8O22. The van der Waals surface area contributed by atoms with Gasteiger partial charge in [0.15, 0.2) is 28.7 Å². The van der Waals surface area contributed by atoms with Gasteiger partial charge in [-0.1, -0.05) is 101 Å². The summed E-state index contributed by atoms with van der Waals surface area (Å²) in [5.41, 5.74) is 1.70. The first-order chi connectivity index (χ1) is 54.6. The predicted molar refractivity (Wildman–Crippen MR) is 421 cm³/mol. The number of amides is 7. The molecule has 4 aromatic carbocycles. The van der Waals surface area contributed by atoms with E-state index in [2.05, 4.69) is 31.5 Å². The molecule has 610 valence electrons. The number of nitrogens with zero attached hydrogens (tertiary/aromatic N) is 3. The van der Waals surface area contributed by atoms with Crippen LogP contribution in [0.25, 0.3) is 33.3 Å². The van der Waals surface area contributed by atoms with E-state index in [0.717, 1.165) is 22.6 Å². The van der Waals surface area contributed by atoms with Gasteiger partial charge in [-0.2, -0.15) is 0 Å². The number of Topliss-reactive ketones (excluding diaryl/α,β-unsaturated/α-hetero) is 4. The lowest BCUT2D eigenvalue weighted by Crippen LogP contribution is -2.46. The minimum absolute atomic E-state index is 0.00919. The molecule has 1 fully saturated rings. The third-order valence-corrected chi connectivity index (χ3v) is 21.7. The van der Waals surface area contributed by atoms with Crippen molar-refractivity contribution in [1.82, 2.24) is 31.2 Å². The molecule has 5 aliphatic heterocycles. The first kappa shape index (κ1) is 85.7. The summed E-state index contributed by atoms with van der Waals surface area (Å²) in [6.45, 7) is 15.7. The Morgan fingerprint density at radius 1 is 0.774 bits per heavy atom. The number of aromatic nitrogens is 1. The number of rotatable bonds is 25. The molecule has 4 aromatic rings. The first-order valence-corrected chi connectivity index (χ1v) is 38.3. The van der Waals surface area contributed by atoms with Gasteiger partial charge in [0.1, 0.15) is 41.1 Å². The van der Waals surface area contributed by atoms with Crippen molar-refractivity contribution in [3.05, 3.63) is 159 Å². The fraction of sp³-hybridized carbons (Fsp3) is 0.435. The van der Waals surface area contributed by atoms with Crippen molar-refractivity contribution in [3.8, 4) is 23.0 Å². The largest absolute Gasteiger partial charge is 0.507 e. The highest BCUT2D eigenvalue weighted by Gasteiger charge is 2.50. The molecule has 0 radical (unpaired) electrons. The van der Waals surface area contributed by atoms with E-state index in [-0.39, 0.29) is 126 Å². The van der Waals surface area contributed by atoms with E-state index in [1.807, 2.05) is 6.07 Å². The number of ketones is 4. The topological polar surface area (TPSA) is 421 Å². The quantitative estimate of drug-likeness (QED) is 0.0118. The Hall–Kier alpha value is -11.8. The van der Waals surface area contributed by atoms with Gasteiger partial charge in [0, 0.05) is 149 Å². The molecule has 0 aromatic heterocycles. The highest BCUT2D eigenvalue weighted by molar-refractivity contribution is 6.22. The smallest absolute Gasteiger partial charge is 0.407 e. The number of aliphatic hydroxyl groups excluding tert-OH is 2.